The van der Waals surface area contributed by atoms with Gasteiger partial charge in [0, 0.05) is 56.4 Å². The molecule has 2 heterocycles. The highest BCUT2D eigenvalue weighted by Gasteiger charge is 2.30. The molecule has 168 valence electrons. The van der Waals surface area contributed by atoms with Crippen molar-refractivity contribution in [2.75, 3.05) is 32.7 Å². The van der Waals surface area contributed by atoms with Crippen molar-refractivity contribution in [3.8, 4) is 0 Å². The van der Waals surface area contributed by atoms with Crippen molar-refractivity contribution in [2.45, 2.75) is 38.3 Å². The van der Waals surface area contributed by atoms with Crippen LogP contribution in [0.15, 0.2) is 36.4 Å². The smallest absolute Gasteiger partial charge is 0.254 e. The van der Waals surface area contributed by atoms with Gasteiger partial charge in [0.15, 0.2) is 0 Å². The lowest BCUT2D eigenvalue weighted by Gasteiger charge is -2.43. The molecule has 5 nitrogen and oxygen atoms in total. The average Bonchev–Trinajstić information content (AvgIpc) is 2.78. The van der Waals surface area contributed by atoms with Crippen LogP contribution in [0, 0.1) is 0 Å². The predicted molar refractivity (Wildman–Crippen MR) is 126 cm³/mol. The van der Waals surface area contributed by atoms with E-state index in [1.807, 2.05) is 28.0 Å². The summed E-state index contributed by atoms with van der Waals surface area (Å²) in [6.45, 7) is 4.71. The number of halogens is 2. The van der Waals surface area contributed by atoms with Gasteiger partial charge in [-0.15, -0.1) is 0 Å². The summed E-state index contributed by atoms with van der Waals surface area (Å²) >= 11 is 12.1. The molecule has 0 N–H and O–H groups in total. The molecule has 0 radical (unpaired) electrons. The van der Waals surface area contributed by atoms with Crippen LogP contribution < -0.4 is 0 Å². The fourth-order valence-electron chi connectivity index (χ4n) is 4.90. The summed E-state index contributed by atoms with van der Waals surface area (Å²) in [4.78, 5) is 32.3. The highest BCUT2D eigenvalue weighted by Crippen LogP contribution is 2.28. The molecular weight excluding hydrogens is 445 g/mol. The summed E-state index contributed by atoms with van der Waals surface area (Å²) in [5.74, 6) is 0.0640. The highest BCUT2D eigenvalue weighted by molar-refractivity contribution is 6.42. The Morgan fingerprint density at radius 3 is 2.12 bits per heavy atom. The molecule has 3 aliphatic rings. The lowest BCUT2D eigenvalue weighted by Crippen LogP contribution is -2.53. The van der Waals surface area contributed by atoms with Crippen LogP contribution in [0.2, 0.25) is 10.0 Å². The predicted octanol–water partition coefficient (Wildman–Crippen LogP) is 4.50. The molecule has 0 atom stereocenters. The van der Waals surface area contributed by atoms with Crippen molar-refractivity contribution in [2.24, 2.45) is 0 Å². The lowest BCUT2D eigenvalue weighted by molar-refractivity contribution is 0.0455. The quantitative estimate of drug-likeness (QED) is 0.661. The van der Waals surface area contributed by atoms with Gasteiger partial charge in [-0.1, -0.05) is 35.7 Å². The Hall–Kier alpha value is -2.08. The maximum Gasteiger partial charge on any atom is 0.254 e. The number of nitrogens with zero attached hydrogens (tertiary/aromatic N) is 3. The lowest BCUT2D eigenvalue weighted by atomic mass is 9.91. The number of carbonyl (C=O) groups is 2. The maximum absolute atomic E-state index is 13.1. The van der Waals surface area contributed by atoms with E-state index in [0.717, 1.165) is 55.3 Å². The molecule has 5 rings (SSSR count). The molecule has 1 saturated heterocycles. The number of benzene rings is 2. The van der Waals surface area contributed by atoms with Crippen molar-refractivity contribution in [1.29, 1.82) is 0 Å². The Balaban J connectivity index is 1.23. The van der Waals surface area contributed by atoms with Crippen LogP contribution in [0.5, 0.6) is 0 Å². The van der Waals surface area contributed by atoms with Gasteiger partial charge in [-0.25, -0.2) is 0 Å². The Morgan fingerprint density at radius 1 is 0.750 bits per heavy atom. The number of piperazine rings is 1. The van der Waals surface area contributed by atoms with Gasteiger partial charge in [0.1, 0.15) is 0 Å². The standard InChI is InChI=1S/C25H27Cl2N3O2/c26-22-7-6-19(15-23(22)27)25(32)30-9-8-17-14-18(4-5-20(17)16-30)24(31)29-12-10-28(11-13-29)21-2-1-3-21/h4-7,14-15,21H,1-3,8-13,16H2. The monoisotopic (exact) mass is 471 g/mol. The number of fused-ring (bicyclic) bond motifs is 1. The summed E-state index contributed by atoms with van der Waals surface area (Å²) in [5, 5.41) is 0.820. The zero-order valence-corrected chi connectivity index (χ0v) is 19.5. The average molecular weight is 472 g/mol. The van der Waals surface area contributed by atoms with E-state index in [1.165, 1.54) is 19.3 Å². The molecule has 0 bridgehead atoms. The normalized spacial score (nSPS) is 19.4. The third-order valence-corrected chi connectivity index (χ3v) is 7.85. The van der Waals surface area contributed by atoms with E-state index in [-0.39, 0.29) is 11.8 Å². The van der Waals surface area contributed by atoms with Crippen molar-refractivity contribution in [1.82, 2.24) is 14.7 Å². The van der Waals surface area contributed by atoms with E-state index in [4.69, 9.17) is 23.2 Å². The van der Waals surface area contributed by atoms with Crippen LogP contribution >= 0.6 is 23.2 Å². The molecule has 2 fully saturated rings. The first-order chi connectivity index (χ1) is 15.5. The second-order valence-corrected chi connectivity index (χ2v) is 9.82. The number of carbonyl (C=O) groups excluding carboxylic acids is 2. The minimum atomic E-state index is -0.0568. The molecule has 0 aromatic heterocycles. The SMILES string of the molecule is O=C(c1ccc2c(c1)CCN(C(=O)c1ccc(Cl)c(Cl)c1)C2)N1CCN(C2CCC2)CC1. The summed E-state index contributed by atoms with van der Waals surface area (Å²) in [5.41, 5.74) is 3.54. The third kappa shape index (κ3) is 4.26. The van der Waals surface area contributed by atoms with Gasteiger partial charge >= 0.3 is 0 Å². The molecule has 2 aliphatic heterocycles. The third-order valence-electron chi connectivity index (χ3n) is 7.11. The summed E-state index contributed by atoms with van der Waals surface area (Å²) in [6, 6.07) is 11.7. The van der Waals surface area contributed by atoms with E-state index >= 15 is 0 Å². The van der Waals surface area contributed by atoms with Crippen molar-refractivity contribution < 1.29 is 9.59 Å². The number of amides is 2. The van der Waals surface area contributed by atoms with Crippen LogP contribution in [0.25, 0.3) is 0 Å². The first kappa shape index (κ1) is 21.7. The van der Waals surface area contributed by atoms with E-state index in [0.29, 0.717) is 28.7 Å². The van der Waals surface area contributed by atoms with Gasteiger partial charge in [-0.3, -0.25) is 14.5 Å². The topological polar surface area (TPSA) is 43.9 Å². The second kappa shape index (κ2) is 9.05. The van der Waals surface area contributed by atoms with Gasteiger partial charge in [0.2, 0.25) is 0 Å². The van der Waals surface area contributed by atoms with Crippen molar-refractivity contribution in [3.63, 3.8) is 0 Å². The zero-order chi connectivity index (χ0) is 22.2. The highest BCUT2D eigenvalue weighted by atomic mass is 35.5. The number of rotatable bonds is 3. The van der Waals surface area contributed by atoms with Gasteiger partial charge < -0.3 is 9.80 Å². The molecule has 7 heteroatoms. The second-order valence-electron chi connectivity index (χ2n) is 9.00. The van der Waals surface area contributed by atoms with Gasteiger partial charge in [0.25, 0.3) is 11.8 Å². The molecule has 1 saturated carbocycles. The van der Waals surface area contributed by atoms with E-state index in [9.17, 15) is 9.59 Å². The number of hydrogen-bond acceptors (Lipinski definition) is 3. The number of hydrogen-bond donors (Lipinski definition) is 0. The molecule has 2 aromatic carbocycles. The molecule has 0 unspecified atom stereocenters. The van der Waals surface area contributed by atoms with Crippen molar-refractivity contribution in [3.05, 3.63) is 68.7 Å². The van der Waals surface area contributed by atoms with E-state index in [2.05, 4.69) is 4.90 Å². The molecular formula is C25H27Cl2N3O2. The molecule has 32 heavy (non-hydrogen) atoms. The van der Waals surface area contributed by atoms with E-state index < -0.39 is 0 Å². The Morgan fingerprint density at radius 2 is 1.44 bits per heavy atom. The largest absolute Gasteiger partial charge is 0.336 e. The molecule has 2 aromatic rings. The van der Waals surface area contributed by atoms with Crippen LogP contribution in [0.3, 0.4) is 0 Å². The Labute approximate surface area is 198 Å². The summed E-state index contributed by atoms with van der Waals surface area (Å²) in [6.07, 6.45) is 4.70. The van der Waals surface area contributed by atoms with Crippen LogP contribution in [-0.4, -0.2) is 65.3 Å². The minimum absolute atomic E-state index is 0.0568. The van der Waals surface area contributed by atoms with Crippen LogP contribution in [-0.2, 0) is 13.0 Å². The van der Waals surface area contributed by atoms with Crippen LogP contribution in [0.4, 0.5) is 0 Å². The van der Waals surface area contributed by atoms with Crippen molar-refractivity contribution >= 4 is 35.0 Å². The Bertz CT molecular complexity index is 1050. The molecule has 2 amide bonds. The molecule has 0 spiro atoms. The van der Waals surface area contributed by atoms with Gasteiger partial charge in [-0.2, -0.15) is 0 Å². The molecule has 1 aliphatic carbocycles. The fourth-order valence-corrected chi connectivity index (χ4v) is 5.19. The maximum atomic E-state index is 13.1. The van der Waals surface area contributed by atoms with E-state index in [1.54, 1.807) is 18.2 Å². The minimum Gasteiger partial charge on any atom is -0.336 e. The van der Waals surface area contributed by atoms with Crippen LogP contribution in [0.1, 0.15) is 51.1 Å². The summed E-state index contributed by atoms with van der Waals surface area (Å²) < 4.78 is 0. The zero-order valence-electron chi connectivity index (χ0n) is 18.0. The first-order valence-electron chi connectivity index (χ1n) is 11.4. The first-order valence-corrected chi connectivity index (χ1v) is 12.1. The Kier molecular flexibility index (Phi) is 6.15. The van der Waals surface area contributed by atoms with Gasteiger partial charge in [0.05, 0.1) is 10.0 Å². The fraction of sp³-hybridized carbons (Fsp3) is 0.440. The van der Waals surface area contributed by atoms with Gasteiger partial charge in [-0.05, 0) is 60.7 Å². The summed E-state index contributed by atoms with van der Waals surface area (Å²) in [7, 11) is 0.